The van der Waals surface area contributed by atoms with E-state index in [9.17, 15) is 24.6 Å². The normalized spacial score (nSPS) is 50.1. The number of methoxy groups -OCH3 is 2. The second-order valence-electron chi connectivity index (χ2n) is 14.4. The number of cyclic esters (lactones) is 1. The average molecular weight is 621 g/mol. The third-order valence-electron chi connectivity index (χ3n) is 12.7. The Morgan fingerprint density at radius 2 is 1.73 bits per heavy atom. The van der Waals surface area contributed by atoms with Crippen LogP contribution in [0.25, 0.3) is 0 Å². The Bertz CT molecular complexity index is 1190. The van der Waals surface area contributed by atoms with Gasteiger partial charge >= 0.3 is 11.9 Å². The van der Waals surface area contributed by atoms with E-state index in [1.807, 2.05) is 0 Å². The van der Waals surface area contributed by atoms with E-state index in [4.69, 9.17) is 28.4 Å². The number of aliphatic hydroxyl groups is 2. The fourth-order valence-corrected chi connectivity index (χ4v) is 10.6. The summed E-state index contributed by atoms with van der Waals surface area (Å²) in [6.45, 7) is 5.55. The first-order valence-electron chi connectivity index (χ1n) is 16.2. The van der Waals surface area contributed by atoms with Crippen LogP contribution >= 0.6 is 0 Å². The van der Waals surface area contributed by atoms with E-state index in [2.05, 4.69) is 6.92 Å². The molecule has 2 heterocycles. The van der Waals surface area contributed by atoms with Gasteiger partial charge in [0.2, 0.25) is 0 Å². The molecule has 4 saturated carbocycles. The van der Waals surface area contributed by atoms with Gasteiger partial charge < -0.3 is 43.4 Å². The molecule has 6 rings (SSSR count). The van der Waals surface area contributed by atoms with Crippen molar-refractivity contribution in [2.75, 3.05) is 20.8 Å². The summed E-state index contributed by atoms with van der Waals surface area (Å²) < 4.78 is 34.7. The van der Waals surface area contributed by atoms with Crippen molar-refractivity contribution in [2.45, 2.75) is 127 Å². The summed E-state index contributed by atoms with van der Waals surface area (Å²) in [4.78, 5) is 36.8. The van der Waals surface area contributed by atoms with Gasteiger partial charge in [-0.25, -0.2) is 4.79 Å². The number of carbonyl (C=O) groups excluding carboxylic acids is 3. The van der Waals surface area contributed by atoms with Crippen LogP contribution in [0.2, 0.25) is 0 Å². The van der Waals surface area contributed by atoms with Crippen LogP contribution in [0.15, 0.2) is 11.6 Å². The van der Waals surface area contributed by atoms with Crippen molar-refractivity contribution in [3.05, 3.63) is 11.6 Å². The number of aldehydes is 1. The van der Waals surface area contributed by atoms with Gasteiger partial charge in [-0.15, -0.1) is 0 Å². The molecule has 0 radical (unpaired) electrons. The summed E-state index contributed by atoms with van der Waals surface area (Å²) in [6, 6.07) is 0. The van der Waals surface area contributed by atoms with E-state index in [1.165, 1.54) is 21.1 Å². The van der Waals surface area contributed by atoms with Gasteiger partial charge in [0.1, 0.15) is 25.1 Å². The van der Waals surface area contributed by atoms with Gasteiger partial charge in [0.15, 0.2) is 12.4 Å². The SMILES string of the molecule is CO[C@H]1[C@@H](OC(C)=O)[C@@H](C)O[C@@H](O[C@H]2CC[C@]3(C=O)[C@H]4CC[C@]5(C)[C@@H](C6=CC(=O)OC6)CC[C@]5(O)[C@@H]4CC[C@]3(O)C2)[C@@H]1OC. The number of hydrogen-bond acceptors (Lipinski definition) is 11. The monoisotopic (exact) mass is 620 g/mol. The van der Waals surface area contributed by atoms with Gasteiger partial charge in [0.05, 0.1) is 28.8 Å². The predicted octanol–water partition coefficient (Wildman–Crippen LogP) is 2.63. The van der Waals surface area contributed by atoms with Crippen LogP contribution in [-0.4, -0.2) is 97.3 Å². The van der Waals surface area contributed by atoms with Crippen molar-refractivity contribution in [3.63, 3.8) is 0 Å². The maximum atomic E-state index is 13.2. The molecular weight excluding hydrogens is 572 g/mol. The quantitative estimate of drug-likeness (QED) is 0.246. The van der Waals surface area contributed by atoms with Crippen LogP contribution in [0, 0.1) is 28.6 Å². The van der Waals surface area contributed by atoms with Gasteiger partial charge in [0.25, 0.3) is 0 Å². The zero-order valence-corrected chi connectivity index (χ0v) is 26.5. The molecule has 2 N–H and O–H groups in total. The summed E-state index contributed by atoms with van der Waals surface area (Å²) >= 11 is 0. The highest BCUT2D eigenvalue weighted by atomic mass is 16.7. The Morgan fingerprint density at radius 3 is 2.36 bits per heavy atom. The summed E-state index contributed by atoms with van der Waals surface area (Å²) in [6.07, 6.45) is 3.86. The molecule has 13 atom stereocenters. The van der Waals surface area contributed by atoms with Gasteiger partial charge in [0, 0.05) is 39.1 Å². The van der Waals surface area contributed by atoms with Gasteiger partial charge in [-0.2, -0.15) is 0 Å². The van der Waals surface area contributed by atoms with Gasteiger partial charge in [-0.1, -0.05) is 6.92 Å². The molecule has 2 aliphatic heterocycles. The van der Waals surface area contributed by atoms with E-state index in [-0.39, 0.29) is 36.8 Å². The molecule has 4 aliphatic carbocycles. The highest BCUT2D eigenvalue weighted by Gasteiger charge is 2.71. The summed E-state index contributed by atoms with van der Waals surface area (Å²) in [5, 5.41) is 24.8. The lowest BCUT2D eigenvalue weighted by Crippen LogP contribution is -2.69. The van der Waals surface area contributed by atoms with Crippen LogP contribution < -0.4 is 0 Å². The topological polar surface area (TPSA) is 147 Å². The fourth-order valence-electron chi connectivity index (χ4n) is 10.6. The fraction of sp³-hybridized carbons (Fsp3) is 0.848. The molecule has 6 aliphatic rings. The van der Waals surface area contributed by atoms with E-state index in [1.54, 1.807) is 13.0 Å². The first-order valence-corrected chi connectivity index (χ1v) is 16.2. The maximum Gasteiger partial charge on any atom is 0.331 e. The van der Waals surface area contributed by atoms with Crippen molar-refractivity contribution in [2.24, 2.45) is 28.6 Å². The Morgan fingerprint density at radius 1 is 1.00 bits per heavy atom. The van der Waals surface area contributed by atoms with Crippen molar-refractivity contribution >= 4 is 18.2 Å². The van der Waals surface area contributed by atoms with Crippen LogP contribution in [-0.2, 0) is 42.8 Å². The molecule has 11 nitrogen and oxygen atoms in total. The third-order valence-corrected chi connectivity index (χ3v) is 12.7. The molecular formula is C33H48O11. The van der Waals surface area contributed by atoms with Crippen LogP contribution in [0.3, 0.4) is 0 Å². The largest absolute Gasteiger partial charge is 0.458 e. The zero-order valence-electron chi connectivity index (χ0n) is 26.5. The summed E-state index contributed by atoms with van der Waals surface area (Å²) in [5.74, 6) is -1.00. The number of rotatable bonds is 7. The minimum atomic E-state index is -1.29. The van der Waals surface area contributed by atoms with Crippen molar-refractivity contribution in [1.82, 2.24) is 0 Å². The van der Waals surface area contributed by atoms with Crippen molar-refractivity contribution in [1.29, 1.82) is 0 Å². The minimum Gasteiger partial charge on any atom is -0.458 e. The second-order valence-corrected chi connectivity index (χ2v) is 14.4. The third kappa shape index (κ3) is 4.63. The Balaban J connectivity index is 1.20. The van der Waals surface area contributed by atoms with Crippen molar-refractivity contribution in [3.8, 4) is 0 Å². The van der Waals surface area contributed by atoms with Crippen LogP contribution in [0.5, 0.6) is 0 Å². The molecule has 0 amide bonds. The van der Waals surface area contributed by atoms with Crippen LogP contribution in [0.1, 0.15) is 78.6 Å². The van der Waals surface area contributed by atoms with Gasteiger partial charge in [-0.3, -0.25) is 4.79 Å². The van der Waals surface area contributed by atoms with E-state index < -0.39 is 64.8 Å². The standard InChI is InChI=1S/C33H48O11/c1-18-26(43-19(2)35)27(39-4)28(40-5)29(42-18)44-21-6-11-31(17-34)23-7-10-30(3)22(20-14-25(36)41-16-20)9-13-33(30,38)24(23)8-12-32(31,37)15-21/h14,17-18,21-24,26-29,37-38H,6-13,15-16H2,1-5H3/t18-,21+,22-,23+,24-,26+,27+,28-,29+,30-,31+,32+,33+/m1/s1. The minimum absolute atomic E-state index is 0.0556. The van der Waals surface area contributed by atoms with E-state index >= 15 is 0 Å². The highest BCUT2D eigenvalue weighted by Crippen LogP contribution is 2.70. The first kappa shape index (κ1) is 32.1. The molecule has 246 valence electrons. The molecule has 0 bridgehead atoms. The molecule has 44 heavy (non-hydrogen) atoms. The zero-order chi connectivity index (χ0) is 31.7. The smallest absolute Gasteiger partial charge is 0.331 e. The molecule has 0 spiro atoms. The number of carbonyl (C=O) groups is 3. The number of hydrogen-bond donors (Lipinski definition) is 2. The molecule has 11 heteroatoms. The van der Waals surface area contributed by atoms with Crippen LogP contribution in [0.4, 0.5) is 0 Å². The molecule has 0 aromatic carbocycles. The average Bonchev–Trinajstić information content (AvgIpc) is 3.52. The van der Waals surface area contributed by atoms with E-state index in [0.29, 0.717) is 38.5 Å². The number of fused-ring (bicyclic) bond motifs is 5. The lowest BCUT2D eigenvalue weighted by molar-refractivity contribution is -0.324. The Kier molecular flexibility index (Phi) is 8.32. The highest BCUT2D eigenvalue weighted by molar-refractivity contribution is 5.85. The maximum absolute atomic E-state index is 13.2. The predicted molar refractivity (Wildman–Crippen MR) is 154 cm³/mol. The van der Waals surface area contributed by atoms with E-state index in [0.717, 1.165) is 24.7 Å². The van der Waals surface area contributed by atoms with Crippen molar-refractivity contribution < 1.29 is 53.0 Å². The lowest BCUT2D eigenvalue weighted by atomic mass is 9.41. The summed E-state index contributed by atoms with van der Waals surface area (Å²) in [5.41, 5.74) is -2.75. The second kappa shape index (κ2) is 11.4. The summed E-state index contributed by atoms with van der Waals surface area (Å²) in [7, 11) is 3.05. The molecule has 5 fully saturated rings. The lowest BCUT2D eigenvalue weighted by Gasteiger charge is -2.65. The number of esters is 2. The first-order chi connectivity index (χ1) is 20.9. The Labute approximate surface area is 258 Å². The number of ether oxygens (including phenoxy) is 6. The molecule has 0 aromatic heterocycles. The molecule has 1 saturated heterocycles. The molecule has 0 unspecified atom stereocenters. The Hall–Kier alpha value is -1.89. The molecule has 0 aromatic rings. The van der Waals surface area contributed by atoms with Gasteiger partial charge in [-0.05, 0) is 81.6 Å².